The van der Waals surface area contributed by atoms with Gasteiger partial charge in [0, 0.05) is 5.39 Å². The molecular weight excluding hydrogens is 173 g/mol. The maximum atomic E-state index is 13.2. The first-order valence-electron chi connectivity index (χ1n) is 3.69. The second-order valence-electron chi connectivity index (χ2n) is 2.66. The molecule has 13 heavy (non-hydrogen) atoms. The molecule has 0 amide bonds. The summed E-state index contributed by atoms with van der Waals surface area (Å²) in [6.07, 6.45) is 0. The molecule has 3 nitrogen and oxygen atoms in total. The van der Waals surface area contributed by atoms with E-state index in [4.69, 9.17) is 5.11 Å². The zero-order valence-electron chi connectivity index (χ0n) is 6.54. The van der Waals surface area contributed by atoms with Gasteiger partial charge >= 0.3 is 0 Å². The van der Waals surface area contributed by atoms with Crippen molar-refractivity contribution in [2.75, 3.05) is 0 Å². The number of H-pyrrole nitrogens is 1. The lowest BCUT2D eigenvalue weighted by Gasteiger charge is -1.99. The van der Waals surface area contributed by atoms with E-state index in [0.29, 0.717) is 5.52 Å². The molecule has 0 atom stereocenters. The summed E-state index contributed by atoms with van der Waals surface area (Å²) in [5.41, 5.74) is -0.431. The number of aromatic amines is 1. The van der Waals surface area contributed by atoms with Crippen LogP contribution in [0, 0.1) is 5.82 Å². The molecule has 2 aromatic rings. The zero-order chi connectivity index (χ0) is 9.42. The molecule has 0 radical (unpaired) electrons. The zero-order valence-corrected chi connectivity index (χ0v) is 6.54. The number of hydrogen-bond donors (Lipinski definition) is 2. The van der Waals surface area contributed by atoms with Gasteiger partial charge in [-0.3, -0.25) is 4.79 Å². The van der Waals surface area contributed by atoms with Gasteiger partial charge in [-0.15, -0.1) is 0 Å². The van der Waals surface area contributed by atoms with Crippen LogP contribution in [0.3, 0.4) is 0 Å². The predicted molar refractivity (Wildman–Crippen MR) is 46.2 cm³/mol. The van der Waals surface area contributed by atoms with Gasteiger partial charge in [0.25, 0.3) is 5.56 Å². The lowest BCUT2D eigenvalue weighted by atomic mass is 10.2. The molecule has 0 saturated heterocycles. The van der Waals surface area contributed by atoms with Crippen molar-refractivity contribution in [2.45, 2.75) is 0 Å². The van der Waals surface area contributed by atoms with Crippen LogP contribution in [0.25, 0.3) is 10.9 Å². The van der Waals surface area contributed by atoms with Gasteiger partial charge in [0.1, 0.15) is 0 Å². The largest absolute Gasteiger partial charge is 0.501 e. The van der Waals surface area contributed by atoms with Crippen LogP contribution < -0.4 is 5.56 Å². The molecule has 0 bridgehead atoms. The number of benzene rings is 1. The van der Waals surface area contributed by atoms with Gasteiger partial charge in [0.15, 0.2) is 5.82 Å². The smallest absolute Gasteiger partial charge is 0.293 e. The van der Waals surface area contributed by atoms with Gasteiger partial charge < -0.3 is 10.1 Å². The molecule has 0 unspecified atom stereocenters. The van der Waals surface area contributed by atoms with Crippen molar-refractivity contribution in [1.82, 2.24) is 4.98 Å². The Bertz CT molecular complexity index is 518. The van der Waals surface area contributed by atoms with E-state index in [2.05, 4.69) is 4.98 Å². The van der Waals surface area contributed by atoms with Crippen LogP contribution in [0.5, 0.6) is 5.75 Å². The highest BCUT2D eigenvalue weighted by molar-refractivity contribution is 5.80. The SMILES string of the molecule is O=c1[nH]c2ccccc2c(F)c1O. The first-order chi connectivity index (χ1) is 6.20. The number of aromatic hydroxyl groups is 1. The number of pyridine rings is 1. The van der Waals surface area contributed by atoms with Gasteiger partial charge in [-0.25, -0.2) is 4.39 Å². The number of halogens is 1. The highest BCUT2D eigenvalue weighted by Gasteiger charge is 2.09. The molecule has 1 heterocycles. The van der Waals surface area contributed by atoms with E-state index in [1.807, 2.05) is 0 Å². The molecule has 1 aromatic heterocycles. The van der Waals surface area contributed by atoms with Crippen molar-refractivity contribution in [3.05, 3.63) is 40.4 Å². The maximum Gasteiger partial charge on any atom is 0.293 e. The Morgan fingerprint density at radius 3 is 2.77 bits per heavy atom. The minimum atomic E-state index is -0.876. The Balaban J connectivity index is 3.02. The fraction of sp³-hybridized carbons (Fsp3) is 0. The summed E-state index contributed by atoms with van der Waals surface area (Å²) in [6, 6.07) is 6.36. The fourth-order valence-electron chi connectivity index (χ4n) is 1.19. The Labute approximate surface area is 72.5 Å². The average Bonchev–Trinajstić information content (AvgIpc) is 2.15. The van der Waals surface area contributed by atoms with Crippen molar-refractivity contribution in [2.24, 2.45) is 0 Å². The van der Waals surface area contributed by atoms with Crippen LogP contribution in [-0.4, -0.2) is 10.1 Å². The molecule has 0 spiro atoms. The number of aromatic nitrogens is 1. The Morgan fingerprint density at radius 1 is 1.31 bits per heavy atom. The predicted octanol–water partition coefficient (Wildman–Crippen LogP) is 1.37. The molecule has 2 rings (SSSR count). The van der Waals surface area contributed by atoms with Crippen molar-refractivity contribution in [1.29, 1.82) is 0 Å². The second kappa shape index (κ2) is 2.58. The van der Waals surface area contributed by atoms with Crippen LogP contribution >= 0.6 is 0 Å². The molecular formula is C9H6FNO2. The summed E-state index contributed by atoms with van der Waals surface area (Å²) < 4.78 is 13.2. The fourth-order valence-corrected chi connectivity index (χ4v) is 1.19. The molecule has 1 aromatic carbocycles. The van der Waals surface area contributed by atoms with E-state index in [9.17, 15) is 9.18 Å². The van der Waals surface area contributed by atoms with E-state index >= 15 is 0 Å². The first kappa shape index (κ1) is 7.79. The van der Waals surface area contributed by atoms with Crippen molar-refractivity contribution < 1.29 is 9.50 Å². The number of rotatable bonds is 0. The topological polar surface area (TPSA) is 53.1 Å². The highest BCUT2D eigenvalue weighted by Crippen LogP contribution is 2.18. The van der Waals surface area contributed by atoms with Crippen LogP contribution in [0.4, 0.5) is 4.39 Å². The second-order valence-corrected chi connectivity index (χ2v) is 2.66. The Morgan fingerprint density at radius 2 is 2.00 bits per heavy atom. The number of para-hydroxylation sites is 1. The molecule has 0 aliphatic rings. The lowest BCUT2D eigenvalue weighted by molar-refractivity contribution is 0.428. The van der Waals surface area contributed by atoms with E-state index in [1.54, 1.807) is 18.2 Å². The van der Waals surface area contributed by atoms with E-state index in [1.165, 1.54) is 6.07 Å². The maximum absolute atomic E-state index is 13.2. The molecule has 0 aliphatic heterocycles. The normalized spacial score (nSPS) is 10.5. The number of fused-ring (bicyclic) bond motifs is 1. The van der Waals surface area contributed by atoms with Gasteiger partial charge in [-0.1, -0.05) is 12.1 Å². The molecule has 0 aliphatic carbocycles. The Hall–Kier alpha value is -1.84. The summed E-state index contributed by atoms with van der Waals surface area (Å²) >= 11 is 0. The van der Waals surface area contributed by atoms with Crippen molar-refractivity contribution in [3.63, 3.8) is 0 Å². The quantitative estimate of drug-likeness (QED) is 0.641. The van der Waals surface area contributed by atoms with Crippen LogP contribution in [0.2, 0.25) is 0 Å². The minimum absolute atomic E-state index is 0.208. The summed E-state index contributed by atoms with van der Waals surface area (Å²) in [5.74, 6) is -1.74. The third-order valence-corrected chi connectivity index (χ3v) is 1.83. The Kier molecular flexibility index (Phi) is 1.55. The van der Waals surface area contributed by atoms with Gasteiger partial charge in [0.2, 0.25) is 5.75 Å². The van der Waals surface area contributed by atoms with E-state index in [0.717, 1.165) is 0 Å². The van der Waals surface area contributed by atoms with E-state index in [-0.39, 0.29) is 5.39 Å². The van der Waals surface area contributed by atoms with Gasteiger partial charge in [-0.05, 0) is 12.1 Å². The molecule has 0 fully saturated rings. The average molecular weight is 179 g/mol. The van der Waals surface area contributed by atoms with Crippen LogP contribution in [0.15, 0.2) is 29.1 Å². The summed E-state index contributed by atoms with van der Waals surface area (Å²) in [5, 5.41) is 9.19. The first-order valence-corrected chi connectivity index (χ1v) is 3.69. The van der Waals surface area contributed by atoms with Crippen LogP contribution in [-0.2, 0) is 0 Å². The third-order valence-electron chi connectivity index (χ3n) is 1.83. The molecule has 4 heteroatoms. The van der Waals surface area contributed by atoms with Crippen molar-refractivity contribution in [3.8, 4) is 5.75 Å². The van der Waals surface area contributed by atoms with E-state index < -0.39 is 17.1 Å². The molecule has 66 valence electrons. The summed E-state index contributed by atoms with van der Waals surface area (Å²) in [6.45, 7) is 0. The van der Waals surface area contributed by atoms with Crippen molar-refractivity contribution >= 4 is 10.9 Å². The summed E-state index contributed by atoms with van der Waals surface area (Å²) in [4.78, 5) is 13.3. The standard InChI is InChI=1S/C9H6FNO2/c10-7-5-3-1-2-4-6(5)11-9(13)8(7)12/h1-4,12H,(H,11,13). The molecule has 2 N–H and O–H groups in total. The van der Waals surface area contributed by atoms with Crippen LogP contribution in [0.1, 0.15) is 0 Å². The number of hydrogen-bond acceptors (Lipinski definition) is 2. The summed E-state index contributed by atoms with van der Waals surface area (Å²) in [7, 11) is 0. The number of nitrogens with one attached hydrogen (secondary N) is 1. The monoisotopic (exact) mass is 179 g/mol. The molecule has 0 saturated carbocycles. The van der Waals surface area contributed by atoms with Gasteiger partial charge in [-0.2, -0.15) is 0 Å². The van der Waals surface area contributed by atoms with Gasteiger partial charge in [0.05, 0.1) is 5.52 Å². The lowest BCUT2D eigenvalue weighted by Crippen LogP contribution is -2.06. The third kappa shape index (κ3) is 1.07. The minimum Gasteiger partial charge on any atom is -0.501 e. The highest BCUT2D eigenvalue weighted by atomic mass is 19.1.